The second kappa shape index (κ2) is 10.4. The van der Waals surface area contributed by atoms with E-state index < -0.39 is 20.0 Å². The molecule has 1 unspecified atom stereocenters. The van der Waals surface area contributed by atoms with E-state index in [0.29, 0.717) is 5.56 Å². The Morgan fingerprint density at radius 2 is 1.78 bits per heavy atom. The van der Waals surface area contributed by atoms with Gasteiger partial charge in [-0.25, -0.2) is 13.4 Å². The maximum absolute atomic E-state index is 13.1. The quantitative estimate of drug-likeness (QED) is 0.397. The minimum atomic E-state index is -3.90. The number of alkyl halides is 1. The summed E-state index contributed by atoms with van der Waals surface area (Å²) >= 11 is 19.9. The Hall–Kier alpha value is -2.62. The number of aliphatic hydroxyl groups is 1. The highest BCUT2D eigenvalue weighted by molar-refractivity contribution is 7.94. The van der Waals surface area contributed by atoms with Crippen LogP contribution < -0.4 is 5.32 Å². The van der Waals surface area contributed by atoms with Gasteiger partial charge in [-0.1, -0.05) is 77.3 Å². The molecule has 0 fully saturated rings. The molecule has 0 saturated carbocycles. The van der Waals surface area contributed by atoms with Gasteiger partial charge < -0.3 is 10.4 Å². The molecule has 0 spiro atoms. The topological polar surface area (TPSA) is 101 Å². The lowest BCUT2D eigenvalue weighted by Crippen LogP contribution is -2.37. The van der Waals surface area contributed by atoms with Crippen LogP contribution in [0, 0.1) is 0 Å². The Labute approximate surface area is 223 Å². The third kappa shape index (κ3) is 4.96. The molecular weight excluding hydrogens is 545 g/mol. The summed E-state index contributed by atoms with van der Waals surface area (Å²) in [6.45, 7) is -0.241. The van der Waals surface area contributed by atoms with Crippen LogP contribution >= 0.6 is 34.8 Å². The van der Waals surface area contributed by atoms with Crippen LogP contribution in [-0.4, -0.2) is 52.6 Å². The minimum Gasteiger partial charge on any atom is -0.395 e. The lowest BCUT2D eigenvalue weighted by Gasteiger charge is -2.33. The zero-order valence-electron chi connectivity index (χ0n) is 19.1. The summed E-state index contributed by atoms with van der Waals surface area (Å²) in [5.74, 6) is -0.417. The maximum atomic E-state index is 13.1. The Kier molecular flexibility index (Phi) is 7.64. The molecule has 1 aromatic heterocycles. The first-order valence-corrected chi connectivity index (χ1v) is 13.9. The molecule has 1 atom stereocenters. The Bertz CT molecular complexity index is 1460. The van der Waals surface area contributed by atoms with Gasteiger partial charge in [0.05, 0.1) is 27.9 Å². The first kappa shape index (κ1) is 26.4. The van der Waals surface area contributed by atoms with Gasteiger partial charge >= 0.3 is 0 Å². The molecule has 0 aliphatic heterocycles. The predicted octanol–water partition coefficient (Wildman–Crippen LogP) is 4.89. The van der Waals surface area contributed by atoms with Crippen molar-refractivity contribution in [2.75, 3.05) is 19.4 Å². The van der Waals surface area contributed by atoms with E-state index >= 15 is 0 Å². The number of hydrogen-bond donors (Lipinski definition) is 2. The number of aliphatic hydroxyl groups excluding tert-OH is 1. The lowest BCUT2D eigenvalue weighted by atomic mass is 9.95. The smallest absolute Gasteiger partial charge is 0.271 e. The van der Waals surface area contributed by atoms with Crippen LogP contribution in [0.1, 0.15) is 22.5 Å². The number of benzene rings is 2. The van der Waals surface area contributed by atoms with Crippen molar-refractivity contribution in [3.8, 4) is 11.4 Å². The van der Waals surface area contributed by atoms with Gasteiger partial charge in [0.25, 0.3) is 5.91 Å². The van der Waals surface area contributed by atoms with Crippen LogP contribution in [0.15, 0.2) is 66.9 Å². The highest BCUT2D eigenvalue weighted by Gasteiger charge is 2.46. The molecule has 1 heterocycles. The molecule has 3 aromatic rings. The molecule has 0 saturated heterocycles. The van der Waals surface area contributed by atoms with Gasteiger partial charge in [0.1, 0.15) is 11.5 Å². The molecule has 11 heteroatoms. The van der Waals surface area contributed by atoms with Crippen molar-refractivity contribution < 1.29 is 18.3 Å². The summed E-state index contributed by atoms with van der Waals surface area (Å²) < 4.78 is 25.8. The molecule has 0 bridgehead atoms. The molecule has 0 radical (unpaired) electrons. The van der Waals surface area contributed by atoms with Gasteiger partial charge in [-0.2, -0.15) is 0 Å². The highest BCUT2D eigenvalue weighted by Crippen LogP contribution is 2.47. The maximum Gasteiger partial charge on any atom is 0.271 e. The molecule has 36 heavy (non-hydrogen) atoms. The molecule has 2 aromatic carbocycles. The lowest BCUT2D eigenvalue weighted by molar-refractivity contribution is 0.0940. The number of nitrogens with one attached hydrogen (secondary N) is 1. The summed E-state index contributed by atoms with van der Waals surface area (Å²) in [6.07, 6.45) is 5.82. The number of halogens is 3. The van der Waals surface area contributed by atoms with E-state index in [4.69, 9.17) is 39.9 Å². The molecular formula is C25H22Cl3N3O4S. The number of allylic oxidation sites excluding steroid dienone is 3. The minimum absolute atomic E-state index is 0.0164. The van der Waals surface area contributed by atoms with E-state index in [-0.39, 0.29) is 46.8 Å². The van der Waals surface area contributed by atoms with Crippen molar-refractivity contribution in [2.24, 2.45) is 0 Å². The van der Waals surface area contributed by atoms with Crippen molar-refractivity contribution in [3.05, 3.63) is 88.2 Å². The third-order valence-electron chi connectivity index (χ3n) is 5.76. The summed E-state index contributed by atoms with van der Waals surface area (Å²) in [5, 5.41) is 12.1. The van der Waals surface area contributed by atoms with Crippen LogP contribution in [0.2, 0.25) is 10.0 Å². The van der Waals surface area contributed by atoms with Gasteiger partial charge in [0.15, 0.2) is 14.0 Å². The summed E-state index contributed by atoms with van der Waals surface area (Å²) in [5.41, 5.74) is 2.03. The molecule has 4 rings (SSSR count). The van der Waals surface area contributed by atoms with Crippen LogP contribution in [-0.2, 0) is 9.84 Å². The monoisotopic (exact) mass is 565 g/mol. The Morgan fingerprint density at radius 1 is 1.11 bits per heavy atom. The number of carbonyl (C=O) groups is 1. The molecule has 7 nitrogen and oxygen atoms in total. The fourth-order valence-electron chi connectivity index (χ4n) is 3.95. The van der Waals surface area contributed by atoms with E-state index in [9.17, 15) is 13.2 Å². The van der Waals surface area contributed by atoms with Crippen LogP contribution in [0.4, 0.5) is 0 Å². The molecule has 1 amide bonds. The highest BCUT2D eigenvalue weighted by atomic mass is 35.5. The van der Waals surface area contributed by atoms with E-state index in [1.165, 1.54) is 10.8 Å². The van der Waals surface area contributed by atoms with Gasteiger partial charge in [-0.15, -0.1) is 0 Å². The van der Waals surface area contributed by atoms with Gasteiger partial charge in [0, 0.05) is 25.4 Å². The van der Waals surface area contributed by atoms with E-state index in [0.717, 1.165) is 17.4 Å². The number of hydrogen-bond acceptors (Lipinski definition) is 5. The van der Waals surface area contributed by atoms with Crippen molar-refractivity contribution in [2.45, 2.75) is 10.6 Å². The number of carbonyl (C=O) groups excluding carboxylic acids is 1. The summed E-state index contributed by atoms with van der Waals surface area (Å²) in [7, 11) is -3.90. The van der Waals surface area contributed by atoms with Gasteiger partial charge in [0.2, 0.25) is 0 Å². The number of amides is 1. The van der Waals surface area contributed by atoms with Gasteiger partial charge in [-0.3, -0.25) is 9.36 Å². The Morgan fingerprint density at radius 3 is 2.39 bits per heavy atom. The largest absolute Gasteiger partial charge is 0.395 e. The van der Waals surface area contributed by atoms with Crippen LogP contribution in [0.5, 0.6) is 0 Å². The Balaban J connectivity index is 1.97. The number of rotatable bonds is 7. The third-order valence-corrected chi connectivity index (χ3v) is 9.08. The zero-order chi connectivity index (χ0) is 26.1. The summed E-state index contributed by atoms with van der Waals surface area (Å²) in [4.78, 5) is 17.1. The number of aromatic nitrogens is 2. The number of nitrogens with zero attached hydrogens (tertiary/aromatic N) is 2. The molecule has 2 N–H and O–H groups in total. The second-order valence-electron chi connectivity index (χ2n) is 8.18. The average Bonchev–Trinajstić information content (AvgIpc) is 3.27. The second-order valence-corrected chi connectivity index (χ2v) is 12.1. The van der Waals surface area contributed by atoms with E-state index in [1.54, 1.807) is 30.4 Å². The molecule has 188 valence electrons. The molecule has 1 aliphatic rings. The first-order chi connectivity index (χ1) is 17.1. The fourth-order valence-corrected chi connectivity index (χ4v) is 5.78. The predicted molar refractivity (Wildman–Crippen MR) is 144 cm³/mol. The van der Waals surface area contributed by atoms with Gasteiger partial charge in [-0.05, 0) is 29.3 Å². The van der Waals surface area contributed by atoms with Crippen LogP contribution in [0.25, 0.3) is 22.7 Å². The van der Waals surface area contributed by atoms with Crippen LogP contribution in [0.3, 0.4) is 0 Å². The van der Waals surface area contributed by atoms with E-state index in [2.05, 4.69) is 10.3 Å². The average molecular weight is 567 g/mol. The zero-order valence-corrected chi connectivity index (χ0v) is 22.2. The SMILES string of the molecule is CS(=O)(=O)C1(Cl)CC(c2ccccc2)=CC=C1n1cc(C(=O)NCCO)nc1-c1c(Cl)cccc1Cl. The van der Waals surface area contributed by atoms with Crippen molar-refractivity contribution in [3.63, 3.8) is 0 Å². The normalized spacial score (nSPS) is 17.9. The summed E-state index contributed by atoms with van der Waals surface area (Å²) in [6, 6.07) is 14.2. The van der Waals surface area contributed by atoms with Crippen molar-refractivity contribution in [1.82, 2.24) is 14.9 Å². The molecule has 1 aliphatic carbocycles. The number of imidazole rings is 1. The van der Waals surface area contributed by atoms with Crippen molar-refractivity contribution in [1.29, 1.82) is 0 Å². The van der Waals surface area contributed by atoms with Crippen molar-refractivity contribution >= 4 is 61.8 Å². The van der Waals surface area contributed by atoms with E-state index in [1.807, 2.05) is 30.3 Å². The standard InChI is InChI=1S/C25H22Cl3N3O4S/c1-36(34,35)25(28)14-17(16-6-3-2-4-7-16)10-11-21(25)31-15-20(24(33)29-12-13-32)30-23(31)22-18(26)8-5-9-19(22)27/h2-11,15,32H,12-14H2,1H3,(H,29,33). The number of sulfone groups is 1. The first-order valence-electron chi connectivity index (χ1n) is 10.9. The fraction of sp³-hybridized carbons (Fsp3) is 0.200.